The van der Waals surface area contributed by atoms with Gasteiger partial charge in [0.05, 0.1) is 12.0 Å². The molecule has 0 saturated heterocycles. The second kappa shape index (κ2) is 8.07. The van der Waals surface area contributed by atoms with Crippen molar-refractivity contribution in [3.63, 3.8) is 0 Å². The van der Waals surface area contributed by atoms with Crippen molar-refractivity contribution >= 4 is 11.3 Å². The maximum Gasteiger partial charge on any atom is 0.307 e. The second-order valence-corrected chi connectivity index (χ2v) is 6.74. The summed E-state index contributed by atoms with van der Waals surface area (Å²) in [5.74, 6) is 1.15. The fourth-order valence-corrected chi connectivity index (χ4v) is 3.33. The SMILES string of the molecule is COc1ccccc1C(O)COc1ccc(Cc2sc(=O)[nH]c2O)cc1. The lowest BCUT2D eigenvalue weighted by molar-refractivity contribution is 0.105. The van der Waals surface area contributed by atoms with Crippen LogP contribution in [-0.2, 0) is 6.42 Å². The predicted octanol–water partition coefficient (Wildman–Crippen LogP) is 2.85. The zero-order valence-corrected chi connectivity index (χ0v) is 15.0. The molecular formula is C19H19NO5S. The van der Waals surface area contributed by atoms with Crippen LogP contribution in [0.3, 0.4) is 0 Å². The van der Waals surface area contributed by atoms with Crippen LogP contribution >= 0.6 is 11.3 Å². The Bertz CT molecular complexity index is 916. The van der Waals surface area contributed by atoms with Gasteiger partial charge in [0.25, 0.3) is 0 Å². The maximum absolute atomic E-state index is 11.2. The van der Waals surface area contributed by atoms with Crippen molar-refractivity contribution < 1.29 is 19.7 Å². The number of rotatable bonds is 7. The monoisotopic (exact) mass is 373 g/mol. The summed E-state index contributed by atoms with van der Waals surface area (Å²) in [4.78, 5) is 13.9. The molecule has 0 aliphatic heterocycles. The van der Waals surface area contributed by atoms with Crippen LogP contribution in [-0.4, -0.2) is 28.9 Å². The zero-order valence-electron chi connectivity index (χ0n) is 14.1. The molecule has 1 heterocycles. The Morgan fingerprint density at radius 1 is 1.15 bits per heavy atom. The van der Waals surface area contributed by atoms with Crippen molar-refractivity contribution in [2.24, 2.45) is 0 Å². The van der Waals surface area contributed by atoms with Gasteiger partial charge in [0.2, 0.25) is 5.88 Å². The minimum absolute atomic E-state index is 0.0831. The standard InChI is InChI=1S/C19H19NO5S/c1-24-16-5-3-2-4-14(16)15(21)11-25-13-8-6-12(7-9-13)10-17-18(22)20-19(23)26-17/h2-9,15,21-22H,10-11H2,1H3,(H,20,23). The van der Waals surface area contributed by atoms with Crippen LogP contribution in [0.5, 0.6) is 17.4 Å². The number of ether oxygens (including phenoxy) is 2. The van der Waals surface area contributed by atoms with Gasteiger partial charge in [-0.15, -0.1) is 0 Å². The largest absolute Gasteiger partial charge is 0.496 e. The third kappa shape index (κ3) is 4.25. The molecule has 3 N–H and O–H groups in total. The van der Waals surface area contributed by atoms with Gasteiger partial charge in [-0.05, 0) is 23.8 Å². The van der Waals surface area contributed by atoms with Gasteiger partial charge in [-0.3, -0.25) is 9.78 Å². The van der Waals surface area contributed by atoms with Crippen molar-refractivity contribution in [1.82, 2.24) is 4.98 Å². The molecule has 0 radical (unpaired) electrons. The van der Waals surface area contributed by atoms with E-state index in [1.165, 1.54) is 0 Å². The molecule has 0 aliphatic rings. The number of H-pyrrole nitrogens is 1. The molecule has 0 bridgehead atoms. The average molecular weight is 373 g/mol. The minimum Gasteiger partial charge on any atom is -0.496 e. The minimum atomic E-state index is -0.806. The molecule has 1 atom stereocenters. The van der Waals surface area contributed by atoms with E-state index in [-0.39, 0.29) is 17.4 Å². The number of hydrogen-bond acceptors (Lipinski definition) is 6. The lowest BCUT2D eigenvalue weighted by Crippen LogP contribution is -2.10. The number of aliphatic hydroxyl groups is 1. The van der Waals surface area contributed by atoms with E-state index in [0.717, 1.165) is 16.9 Å². The van der Waals surface area contributed by atoms with Crippen molar-refractivity contribution in [3.8, 4) is 17.4 Å². The second-order valence-electron chi connectivity index (χ2n) is 5.68. The Labute approximate surface area is 154 Å². The van der Waals surface area contributed by atoms with E-state index < -0.39 is 6.10 Å². The smallest absolute Gasteiger partial charge is 0.307 e. The Morgan fingerprint density at radius 2 is 1.88 bits per heavy atom. The maximum atomic E-state index is 11.2. The van der Waals surface area contributed by atoms with E-state index in [4.69, 9.17) is 9.47 Å². The molecule has 3 rings (SSSR count). The van der Waals surface area contributed by atoms with Crippen LogP contribution in [0.1, 0.15) is 22.1 Å². The van der Waals surface area contributed by atoms with Crippen LogP contribution in [0, 0.1) is 0 Å². The van der Waals surface area contributed by atoms with E-state index >= 15 is 0 Å². The Hall–Kier alpha value is -2.77. The van der Waals surface area contributed by atoms with Gasteiger partial charge in [0.1, 0.15) is 24.2 Å². The van der Waals surface area contributed by atoms with Crippen molar-refractivity contribution in [1.29, 1.82) is 0 Å². The number of para-hydroxylation sites is 1. The van der Waals surface area contributed by atoms with Crippen molar-refractivity contribution in [2.75, 3.05) is 13.7 Å². The summed E-state index contributed by atoms with van der Waals surface area (Å²) in [6.07, 6.45) is -0.348. The van der Waals surface area contributed by atoms with Gasteiger partial charge in [-0.25, -0.2) is 0 Å². The molecule has 0 saturated carbocycles. The molecule has 26 heavy (non-hydrogen) atoms. The molecule has 3 aromatic rings. The van der Waals surface area contributed by atoms with E-state index in [0.29, 0.717) is 28.4 Å². The first kappa shape index (κ1) is 18.0. The molecule has 136 valence electrons. The van der Waals surface area contributed by atoms with Gasteiger partial charge >= 0.3 is 4.87 Å². The van der Waals surface area contributed by atoms with E-state index in [9.17, 15) is 15.0 Å². The first-order chi connectivity index (χ1) is 12.6. The number of methoxy groups -OCH3 is 1. The van der Waals surface area contributed by atoms with Crippen molar-refractivity contribution in [2.45, 2.75) is 12.5 Å². The highest BCUT2D eigenvalue weighted by Gasteiger charge is 2.13. The van der Waals surface area contributed by atoms with Gasteiger partial charge in [-0.2, -0.15) is 0 Å². The van der Waals surface area contributed by atoms with Crippen molar-refractivity contribution in [3.05, 3.63) is 74.2 Å². The van der Waals surface area contributed by atoms with Gasteiger partial charge in [0, 0.05) is 12.0 Å². The highest BCUT2D eigenvalue weighted by atomic mass is 32.1. The summed E-state index contributed by atoms with van der Waals surface area (Å²) in [5, 5.41) is 19.9. The average Bonchev–Trinajstić information content (AvgIpc) is 2.97. The molecule has 7 heteroatoms. The van der Waals surface area contributed by atoms with E-state index in [1.54, 1.807) is 31.4 Å². The molecule has 1 unspecified atom stereocenters. The molecule has 0 aliphatic carbocycles. The van der Waals surface area contributed by atoms with E-state index in [1.807, 2.05) is 24.3 Å². The highest BCUT2D eigenvalue weighted by Crippen LogP contribution is 2.26. The normalized spacial score (nSPS) is 11.9. The van der Waals surface area contributed by atoms with Crippen LogP contribution in [0.4, 0.5) is 0 Å². The summed E-state index contributed by atoms with van der Waals surface area (Å²) in [6.45, 7) is 0.0972. The lowest BCUT2D eigenvalue weighted by Gasteiger charge is -2.15. The number of aliphatic hydroxyl groups excluding tert-OH is 1. The summed E-state index contributed by atoms with van der Waals surface area (Å²) in [5.41, 5.74) is 1.61. The van der Waals surface area contributed by atoms with Crippen LogP contribution in [0.25, 0.3) is 0 Å². The number of nitrogens with one attached hydrogen (secondary N) is 1. The third-order valence-corrected chi connectivity index (χ3v) is 4.77. The number of aromatic hydroxyl groups is 1. The molecule has 0 spiro atoms. The van der Waals surface area contributed by atoms with Gasteiger partial charge < -0.3 is 19.7 Å². The lowest BCUT2D eigenvalue weighted by atomic mass is 10.1. The predicted molar refractivity (Wildman–Crippen MR) is 99.3 cm³/mol. The fraction of sp³-hybridized carbons (Fsp3) is 0.211. The topological polar surface area (TPSA) is 91.8 Å². The molecule has 6 nitrogen and oxygen atoms in total. The zero-order chi connectivity index (χ0) is 18.5. The Balaban J connectivity index is 1.60. The Morgan fingerprint density at radius 3 is 2.54 bits per heavy atom. The number of aromatic amines is 1. The number of hydrogen-bond donors (Lipinski definition) is 3. The molecule has 0 fully saturated rings. The summed E-state index contributed by atoms with van der Waals surface area (Å²) >= 11 is 0.991. The van der Waals surface area contributed by atoms with Crippen LogP contribution in [0.2, 0.25) is 0 Å². The molecule has 1 aromatic heterocycles. The quantitative estimate of drug-likeness (QED) is 0.592. The molecule has 2 aromatic carbocycles. The summed E-state index contributed by atoms with van der Waals surface area (Å²) < 4.78 is 10.9. The molecular weight excluding hydrogens is 354 g/mol. The summed E-state index contributed by atoms with van der Waals surface area (Å²) in [6, 6.07) is 14.5. The van der Waals surface area contributed by atoms with Crippen LogP contribution < -0.4 is 14.3 Å². The Kier molecular flexibility index (Phi) is 5.60. The van der Waals surface area contributed by atoms with E-state index in [2.05, 4.69) is 4.98 Å². The number of benzene rings is 2. The first-order valence-electron chi connectivity index (χ1n) is 8.00. The number of aromatic nitrogens is 1. The number of thiazole rings is 1. The highest BCUT2D eigenvalue weighted by molar-refractivity contribution is 7.09. The molecule has 0 amide bonds. The first-order valence-corrected chi connectivity index (χ1v) is 8.82. The third-order valence-electron chi connectivity index (χ3n) is 3.89. The van der Waals surface area contributed by atoms with Gasteiger partial charge in [-0.1, -0.05) is 41.7 Å². The van der Waals surface area contributed by atoms with Gasteiger partial charge in [0.15, 0.2) is 0 Å². The van der Waals surface area contributed by atoms with Crippen LogP contribution in [0.15, 0.2) is 53.3 Å². The fourth-order valence-electron chi connectivity index (χ4n) is 2.57. The summed E-state index contributed by atoms with van der Waals surface area (Å²) in [7, 11) is 1.56.